The number of ether oxygens (including phenoxy) is 1. The van der Waals surface area contributed by atoms with Crippen molar-refractivity contribution >= 4 is 16.5 Å². The molecule has 3 nitrogen and oxygen atoms in total. The molecule has 1 N–H and O–H groups in total. The molecular formula is C12H13FN2OS. The normalized spacial score (nSPS) is 10.3. The largest absolute Gasteiger partial charge is 0.494 e. The zero-order valence-electron chi connectivity index (χ0n) is 9.66. The van der Waals surface area contributed by atoms with Crippen LogP contribution in [0.25, 0.3) is 0 Å². The zero-order chi connectivity index (χ0) is 12.3. The van der Waals surface area contributed by atoms with Gasteiger partial charge in [-0.3, -0.25) is 0 Å². The SMILES string of the molecule is CNc1ncc(Cc2ccc(OC)c(F)c2)s1. The summed E-state index contributed by atoms with van der Waals surface area (Å²) in [5, 5.41) is 3.85. The van der Waals surface area contributed by atoms with Crippen LogP contribution in [0.15, 0.2) is 24.4 Å². The van der Waals surface area contributed by atoms with E-state index in [1.54, 1.807) is 23.6 Å². The van der Waals surface area contributed by atoms with E-state index in [-0.39, 0.29) is 11.6 Å². The fourth-order valence-electron chi connectivity index (χ4n) is 1.53. The highest BCUT2D eigenvalue weighted by atomic mass is 32.1. The van der Waals surface area contributed by atoms with E-state index in [1.165, 1.54) is 13.2 Å². The highest BCUT2D eigenvalue weighted by Gasteiger charge is 2.06. The molecule has 0 saturated heterocycles. The van der Waals surface area contributed by atoms with Gasteiger partial charge in [0.2, 0.25) is 0 Å². The van der Waals surface area contributed by atoms with Crippen molar-refractivity contribution in [2.24, 2.45) is 0 Å². The van der Waals surface area contributed by atoms with E-state index in [0.717, 1.165) is 15.6 Å². The lowest BCUT2D eigenvalue weighted by Gasteiger charge is -2.03. The third-order valence-corrected chi connectivity index (χ3v) is 3.38. The monoisotopic (exact) mass is 252 g/mol. The Hall–Kier alpha value is -1.62. The van der Waals surface area contributed by atoms with E-state index in [4.69, 9.17) is 4.74 Å². The predicted molar refractivity (Wildman–Crippen MR) is 67.4 cm³/mol. The molecule has 0 atom stereocenters. The first kappa shape index (κ1) is 11.9. The topological polar surface area (TPSA) is 34.2 Å². The molecule has 2 aromatic rings. The van der Waals surface area contributed by atoms with Gasteiger partial charge in [-0.25, -0.2) is 9.37 Å². The molecule has 0 spiro atoms. The van der Waals surface area contributed by atoms with Gasteiger partial charge in [0, 0.05) is 24.5 Å². The van der Waals surface area contributed by atoms with Gasteiger partial charge in [0.1, 0.15) is 0 Å². The molecule has 0 radical (unpaired) electrons. The molecule has 0 bridgehead atoms. The molecule has 2 rings (SSSR count). The van der Waals surface area contributed by atoms with Gasteiger partial charge < -0.3 is 10.1 Å². The van der Waals surface area contributed by atoms with Crippen molar-refractivity contribution in [1.29, 1.82) is 0 Å². The first-order valence-electron chi connectivity index (χ1n) is 5.18. The number of nitrogens with zero attached hydrogens (tertiary/aromatic N) is 1. The second-order valence-corrected chi connectivity index (χ2v) is 4.64. The van der Waals surface area contributed by atoms with Gasteiger partial charge in [0.15, 0.2) is 16.7 Å². The first-order chi connectivity index (χ1) is 8.22. The number of aromatic nitrogens is 1. The van der Waals surface area contributed by atoms with Gasteiger partial charge >= 0.3 is 0 Å². The van der Waals surface area contributed by atoms with Crippen LogP contribution in [0.2, 0.25) is 0 Å². The zero-order valence-corrected chi connectivity index (χ0v) is 10.5. The highest BCUT2D eigenvalue weighted by Crippen LogP contribution is 2.23. The van der Waals surface area contributed by atoms with Crippen LogP contribution in [0.1, 0.15) is 10.4 Å². The number of methoxy groups -OCH3 is 1. The summed E-state index contributed by atoms with van der Waals surface area (Å²) in [5.41, 5.74) is 0.912. The van der Waals surface area contributed by atoms with E-state index in [9.17, 15) is 4.39 Å². The lowest BCUT2D eigenvalue weighted by Crippen LogP contribution is -1.91. The van der Waals surface area contributed by atoms with Crippen LogP contribution in [-0.2, 0) is 6.42 Å². The molecule has 5 heteroatoms. The first-order valence-corrected chi connectivity index (χ1v) is 5.99. The van der Waals surface area contributed by atoms with Crippen molar-refractivity contribution < 1.29 is 9.13 Å². The smallest absolute Gasteiger partial charge is 0.182 e. The lowest BCUT2D eigenvalue weighted by molar-refractivity contribution is 0.386. The summed E-state index contributed by atoms with van der Waals surface area (Å²) in [4.78, 5) is 5.27. The molecule has 0 aliphatic heterocycles. The van der Waals surface area contributed by atoms with Crippen molar-refractivity contribution in [2.45, 2.75) is 6.42 Å². The lowest BCUT2D eigenvalue weighted by atomic mass is 10.1. The minimum absolute atomic E-state index is 0.272. The van der Waals surface area contributed by atoms with Gasteiger partial charge in [0.25, 0.3) is 0 Å². The minimum atomic E-state index is -0.330. The Morgan fingerprint density at radius 3 is 2.88 bits per heavy atom. The third kappa shape index (κ3) is 2.74. The summed E-state index contributed by atoms with van der Waals surface area (Å²) in [6.07, 6.45) is 2.49. The summed E-state index contributed by atoms with van der Waals surface area (Å²) in [6.45, 7) is 0. The summed E-state index contributed by atoms with van der Waals surface area (Å²) in [6, 6.07) is 5.00. The molecule has 0 aliphatic carbocycles. The van der Waals surface area contributed by atoms with E-state index in [1.807, 2.05) is 13.1 Å². The van der Waals surface area contributed by atoms with E-state index in [2.05, 4.69) is 10.3 Å². The van der Waals surface area contributed by atoms with Crippen molar-refractivity contribution in [3.05, 3.63) is 40.7 Å². The number of benzene rings is 1. The summed E-state index contributed by atoms with van der Waals surface area (Å²) >= 11 is 1.57. The van der Waals surface area contributed by atoms with Crippen molar-refractivity contribution in [2.75, 3.05) is 19.5 Å². The standard InChI is InChI=1S/C12H13FN2OS/c1-14-12-15-7-9(17-12)5-8-3-4-11(16-2)10(13)6-8/h3-4,6-7H,5H2,1-2H3,(H,14,15). The van der Waals surface area contributed by atoms with Crippen LogP contribution >= 0.6 is 11.3 Å². The van der Waals surface area contributed by atoms with Gasteiger partial charge in [-0.15, -0.1) is 11.3 Å². The summed E-state index contributed by atoms with van der Waals surface area (Å²) < 4.78 is 18.4. The van der Waals surface area contributed by atoms with Crippen molar-refractivity contribution in [3.8, 4) is 5.75 Å². The molecule has 1 heterocycles. The maximum atomic E-state index is 13.5. The number of halogens is 1. The van der Waals surface area contributed by atoms with E-state index >= 15 is 0 Å². The maximum absolute atomic E-state index is 13.5. The molecule has 0 unspecified atom stereocenters. The van der Waals surface area contributed by atoms with Crippen LogP contribution in [-0.4, -0.2) is 19.1 Å². The van der Waals surface area contributed by atoms with Crippen molar-refractivity contribution in [3.63, 3.8) is 0 Å². The summed E-state index contributed by atoms with van der Waals surface area (Å²) in [5.74, 6) is -0.0580. The van der Waals surface area contributed by atoms with Gasteiger partial charge in [-0.05, 0) is 17.7 Å². The fraction of sp³-hybridized carbons (Fsp3) is 0.250. The number of rotatable bonds is 4. The maximum Gasteiger partial charge on any atom is 0.182 e. The van der Waals surface area contributed by atoms with Crippen LogP contribution in [0.4, 0.5) is 9.52 Å². The molecule has 0 aliphatic rings. The number of thiazole rings is 1. The number of nitrogens with one attached hydrogen (secondary N) is 1. The Labute approximate surface area is 103 Å². The molecule has 1 aromatic carbocycles. The van der Waals surface area contributed by atoms with Crippen LogP contribution in [0, 0.1) is 5.82 Å². The second-order valence-electron chi connectivity index (χ2n) is 3.53. The molecule has 1 aromatic heterocycles. The Morgan fingerprint density at radius 2 is 2.29 bits per heavy atom. The van der Waals surface area contributed by atoms with Crippen LogP contribution < -0.4 is 10.1 Å². The van der Waals surface area contributed by atoms with Gasteiger partial charge in [-0.2, -0.15) is 0 Å². The summed E-state index contributed by atoms with van der Waals surface area (Å²) in [7, 11) is 3.29. The number of hydrogen-bond donors (Lipinski definition) is 1. The minimum Gasteiger partial charge on any atom is -0.494 e. The molecule has 0 saturated carbocycles. The van der Waals surface area contributed by atoms with E-state index in [0.29, 0.717) is 6.42 Å². The molecule has 17 heavy (non-hydrogen) atoms. The highest BCUT2D eigenvalue weighted by molar-refractivity contribution is 7.15. The Balaban J connectivity index is 2.15. The van der Waals surface area contributed by atoms with Crippen LogP contribution in [0.5, 0.6) is 5.75 Å². The quantitative estimate of drug-likeness (QED) is 0.908. The van der Waals surface area contributed by atoms with Gasteiger partial charge in [-0.1, -0.05) is 6.07 Å². The van der Waals surface area contributed by atoms with E-state index < -0.39 is 0 Å². The van der Waals surface area contributed by atoms with Gasteiger partial charge in [0.05, 0.1) is 7.11 Å². The average molecular weight is 252 g/mol. The van der Waals surface area contributed by atoms with Crippen LogP contribution in [0.3, 0.4) is 0 Å². The second kappa shape index (κ2) is 5.14. The molecule has 0 fully saturated rings. The third-order valence-electron chi connectivity index (χ3n) is 2.36. The molecular weight excluding hydrogens is 239 g/mol. The Bertz CT molecular complexity index is 513. The molecule has 90 valence electrons. The number of hydrogen-bond acceptors (Lipinski definition) is 4. The Morgan fingerprint density at radius 1 is 1.47 bits per heavy atom. The predicted octanol–water partition coefficient (Wildman–Crippen LogP) is 2.92. The number of anilines is 1. The fourth-order valence-corrected chi connectivity index (χ4v) is 2.33. The average Bonchev–Trinajstić information content (AvgIpc) is 2.77. The van der Waals surface area contributed by atoms with Crippen molar-refractivity contribution in [1.82, 2.24) is 4.98 Å². The Kier molecular flexibility index (Phi) is 3.58. The molecule has 0 amide bonds.